The molecule has 0 saturated heterocycles. The van der Waals surface area contributed by atoms with Crippen molar-refractivity contribution in [1.29, 1.82) is 0 Å². The molecule has 0 aromatic carbocycles. The van der Waals surface area contributed by atoms with Crippen molar-refractivity contribution in [2.75, 3.05) is 19.8 Å². The normalized spacial score (nSPS) is 12.0. The van der Waals surface area contributed by atoms with E-state index in [1.54, 1.807) is 6.20 Å². The van der Waals surface area contributed by atoms with Crippen LogP contribution in [0, 0.1) is 6.92 Å². The summed E-state index contributed by atoms with van der Waals surface area (Å²) < 4.78 is 19.3. The maximum atomic E-state index is 5.81. The average Bonchev–Trinajstić information content (AvgIpc) is 2.76. The molecule has 0 saturated carbocycles. The van der Waals surface area contributed by atoms with Gasteiger partial charge in [-0.2, -0.15) is 0 Å². The highest BCUT2D eigenvalue weighted by molar-refractivity contribution is 6.60. The molecule has 7 heteroatoms. The third-order valence-corrected chi connectivity index (χ3v) is 5.91. The third kappa shape index (κ3) is 5.02. The van der Waals surface area contributed by atoms with Crippen LogP contribution in [0.5, 0.6) is 0 Å². The Bertz CT molecular complexity index is 343. The Morgan fingerprint density at radius 1 is 1.11 bits per heavy atom. The van der Waals surface area contributed by atoms with Crippen LogP contribution in [0.25, 0.3) is 0 Å². The molecule has 0 aliphatic carbocycles. The Kier molecular flexibility index (Phi) is 7.22. The van der Waals surface area contributed by atoms with E-state index >= 15 is 0 Å². The number of aryl methyl sites for hydroxylation is 2. The first kappa shape index (κ1) is 16.3. The lowest BCUT2D eigenvalue weighted by atomic mass is 10.4. The van der Waals surface area contributed by atoms with E-state index < -0.39 is 8.80 Å². The molecule has 0 radical (unpaired) electrons. The van der Waals surface area contributed by atoms with Crippen LogP contribution in [0.3, 0.4) is 0 Å². The Hall–Kier alpha value is -0.763. The van der Waals surface area contributed by atoms with Gasteiger partial charge in [0, 0.05) is 32.4 Å². The fourth-order valence-electron chi connectivity index (χ4n) is 1.98. The van der Waals surface area contributed by atoms with Gasteiger partial charge in [-0.1, -0.05) is 5.21 Å². The summed E-state index contributed by atoms with van der Waals surface area (Å²) in [6, 6.07) is 0.807. The molecule has 0 aliphatic rings. The molecule has 0 amide bonds. The maximum Gasteiger partial charge on any atom is 0.500 e. The second-order valence-corrected chi connectivity index (χ2v) is 6.92. The van der Waals surface area contributed by atoms with Crippen LogP contribution < -0.4 is 0 Å². The van der Waals surface area contributed by atoms with Gasteiger partial charge in [0.25, 0.3) is 0 Å². The van der Waals surface area contributed by atoms with Crippen molar-refractivity contribution >= 4 is 8.80 Å². The van der Waals surface area contributed by atoms with Gasteiger partial charge in [0.15, 0.2) is 0 Å². The summed E-state index contributed by atoms with van der Waals surface area (Å²) in [5, 5.41) is 7.91. The highest BCUT2D eigenvalue weighted by atomic mass is 28.4. The van der Waals surface area contributed by atoms with Gasteiger partial charge in [0.2, 0.25) is 0 Å². The summed E-state index contributed by atoms with van der Waals surface area (Å²) >= 11 is 0. The zero-order chi connectivity index (χ0) is 14.1. The quantitative estimate of drug-likeness (QED) is 0.616. The van der Waals surface area contributed by atoms with Crippen molar-refractivity contribution in [2.24, 2.45) is 0 Å². The molecule has 0 unspecified atom stereocenters. The lowest BCUT2D eigenvalue weighted by molar-refractivity contribution is 0.0704. The van der Waals surface area contributed by atoms with Crippen LogP contribution in [0.1, 0.15) is 32.9 Å². The second-order valence-electron chi connectivity index (χ2n) is 4.18. The van der Waals surface area contributed by atoms with Crippen LogP contribution in [-0.4, -0.2) is 43.6 Å². The van der Waals surface area contributed by atoms with Crippen LogP contribution in [-0.2, 0) is 19.8 Å². The standard InChI is InChI=1S/C12H25N3O3Si/c1-5-16-19(17-6-2,18-7-3)10-8-9-15-12(4)11-13-14-15/h11H,5-10H2,1-4H3. The Labute approximate surface area is 116 Å². The molecule has 110 valence electrons. The van der Waals surface area contributed by atoms with Crippen molar-refractivity contribution in [3.63, 3.8) is 0 Å². The summed E-state index contributed by atoms with van der Waals surface area (Å²) in [6.07, 6.45) is 2.68. The van der Waals surface area contributed by atoms with Gasteiger partial charge < -0.3 is 13.3 Å². The van der Waals surface area contributed by atoms with Crippen LogP contribution in [0.15, 0.2) is 6.20 Å². The van der Waals surface area contributed by atoms with Gasteiger partial charge in [-0.15, -0.1) is 5.10 Å². The summed E-state index contributed by atoms with van der Waals surface area (Å²) in [5.74, 6) is 0. The molecule has 6 nitrogen and oxygen atoms in total. The van der Waals surface area contributed by atoms with E-state index in [1.165, 1.54) is 0 Å². The molecule has 1 heterocycles. The molecule has 0 atom stereocenters. The van der Waals surface area contributed by atoms with Crippen molar-refractivity contribution < 1.29 is 13.3 Å². The molecule has 0 aliphatic heterocycles. The van der Waals surface area contributed by atoms with E-state index in [4.69, 9.17) is 13.3 Å². The number of hydrogen-bond acceptors (Lipinski definition) is 5. The highest BCUT2D eigenvalue weighted by Gasteiger charge is 2.39. The fourth-order valence-corrected chi connectivity index (χ4v) is 4.57. The van der Waals surface area contributed by atoms with E-state index in [-0.39, 0.29) is 0 Å². The first-order chi connectivity index (χ1) is 9.17. The van der Waals surface area contributed by atoms with Gasteiger partial charge in [0.1, 0.15) is 0 Å². The van der Waals surface area contributed by atoms with Crippen LogP contribution >= 0.6 is 0 Å². The molecule has 0 N–H and O–H groups in total. The molecular weight excluding hydrogens is 262 g/mol. The number of rotatable bonds is 10. The summed E-state index contributed by atoms with van der Waals surface area (Å²) in [4.78, 5) is 0. The zero-order valence-corrected chi connectivity index (χ0v) is 13.4. The number of hydrogen-bond donors (Lipinski definition) is 0. The molecular formula is C12H25N3O3Si. The van der Waals surface area contributed by atoms with Gasteiger partial charge in [-0.05, 0) is 34.1 Å². The minimum atomic E-state index is -2.51. The first-order valence-corrected chi connectivity index (χ1v) is 8.87. The number of aromatic nitrogens is 3. The van der Waals surface area contributed by atoms with Crippen molar-refractivity contribution in [1.82, 2.24) is 15.0 Å². The maximum absolute atomic E-state index is 5.81. The van der Waals surface area contributed by atoms with E-state index in [0.29, 0.717) is 19.8 Å². The minimum Gasteiger partial charge on any atom is -0.374 e. The lowest BCUT2D eigenvalue weighted by Gasteiger charge is -2.28. The average molecular weight is 287 g/mol. The van der Waals surface area contributed by atoms with Crippen LogP contribution in [0.2, 0.25) is 6.04 Å². The molecule has 0 fully saturated rings. The minimum absolute atomic E-state index is 0.620. The Morgan fingerprint density at radius 2 is 1.68 bits per heavy atom. The van der Waals surface area contributed by atoms with E-state index in [0.717, 1.165) is 24.7 Å². The van der Waals surface area contributed by atoms with Gasteiger partial charge >= 0.3 is 8.80 Å². The predicted octanol–water partition coefficient (Wildman–Crippen LogP) is 2.03. The topological polar surface area (TPSA) is 58.4 Å². The predicted molar refractivity (Wildman–Crippen MR) is 74.8 cm³/mol. The molecule has 0 bridgehead atoms. The Morgan fingerprint density at radius 3 is 2.11 bits per heavy atom. The third-order valence-electron chi connectivity index (χ3n) is 2.76. The molecule has 19 heavy (non-hydrogen) atoms. The van der Waals surface area contributed by atoms with E-state index in [2.05, 4.69) is 10.3 Å². The summed E-state index contributed by atoms with van der Waals surface area (Å²) in [6.45, 7) is 10.6. The highest BCUT2D eigenvalue weighted by Crippen LogP contribution is 2.18. The molecule has 1 aromatic heterocycles. The van der Waals surface area contributed by atoms with Crippen molar-refractivity contribution in [2.45, 2.75) is 46.7 Å². The van der Waals surface area contributed by atoms with Crippen LogP contribution in [0.4, 0.5) is 0 Å². The summed E-state index contributed by atoms with van der Waals surface area (Å²) in [5.41, 5.74) is 1.07. The Balaban J connectivity index is 2.53. The SMILES string of the molecule is CCO[Si](CCCn1nncc1C)(OCC)OCC. The zero-order valence-electron chi connectivity index (χ0n) is 12.4. The molecule has 1 rings (SSSR count). The van der Waals surface area contributed by atoms with Gasteiger partial charge in [-0.3, -0.25) is 0 Å². The fraction of sp³-hybridized carbons (Fsp3) is 0.833. The number of nitrogens with zero attached hydrogens (tertiary/aromatic N) is 3. The summed E-state index contributed by atoms with van der Waals surface area (Å²) in [7, 11) is -2.51. The second kappa shape index (κ2) is 8.42. The molecule has 0 spiro atoms. The van der Waals surface area contributed by atoms with Gasteiger partial charge in [0.05, 0.1) is 11.9 Å². The van der Waals surface area contributed by atoms with Crippen molar-refractivity contribution in [3.8, 4) is 0 Å². The lowest BCUT2D eigenvalue weighted by Crippen LogP contribution is -2.46. The largest absolute Gasteiger partial charge is 0.500 e. The van der Waals surface area contributed by atoms with Gasteiger partial charge in [-0.25, -0.2) is 4.68 Å². The first-order valence-electron chi connectivity index (χ1n) is 6.94. The molecule has 1 aromatic rings. The smallest absolute Gasteiger partial charge is 0.374 e. The van der Waals surface area contributed by atoms with E-state index in [1.807, 2.05) is 32.4 Å². The van der Waals surface area contributed by atoms with Crippen molar-refractivity contribution in [3.05, 3.63) is 11.9 Å². The monoisotopic (exact) mass is 287 g/mol. The van der Waals surface area contributed by atoms with E-state index in [9.17, 15) is 0 Å².